The lowest BCUT2D eigenvalue weighted by atomic mass is 10.1. The molecule has 118 valence electrons. The Labute approximate surface area is 135 Å². The predicted octanol–water partition coefficient (Wildman–Crippen LogP) is 2.72. The Balaban J connectivity index is 1.46. The van der Waals surface area contributed by atoms with Gasteiger partial charge in [-0.2, -0.15) is 10.2 Å². The van der Waals surface area contributed by atoms with Gasteiger partial charge >= 0.3 is 0 Å². The minimum atomic E-state index is 0.887. The summed E-state index contributed by atoms with van der Waals surface area (Å²) in [5.41, 5.74) is 6.38. The van der Waals surface area contributed by atoms with Gasteiger partial charge in [-0.25, -0.2) is 4.68 Å². The van der Waals surface area contributed by atoms with Gasteiger partial charge in [-0.05, 0) is 55.6 Å². The highest BCUT2D eigenvalue weighted by Crippen LogP contribution is 2.23. The van der Waals surface area contributed by atoms with Crippen LogP contribution in [0.1, 0.15) is 28.9 Å². The molecule has 0 amide bonds. The van der Waals surface area contributed by atoms with Gasteiger partial charge in [0.1, 0.15) is 0 Å². The summed E-state index contributed by atoms with van der Waals surface area (Å²) in [6.07, 6.45) is 7.35. The summed E-state index contributed by atoms with van der Waals surface area (Å²) in [7, 11) is 2.15. The largest absolute Gasteiger partial charge is 0.296 e. The molecule has 5 heteroatoms. The third-order valence-electron chi connectivity index (χ3n) is 4.44. The Bertz CT molecular complexity index is 788. The van der Waals surface area contributed by atoms with Crippen LogP contribution >= 0.6 is 0 Å². The average Bonchev–Trinajstić information content (AvgIpc) is 3.27. The highest BCUT2D eigenvalue weighted by Gasteiger charge is 2.19. The standard InChI is InChI=1S/C18H21N5/c1-22(13-18-16-7-3-8-17(16)20-21-18)12-14-5-2-6-15(11-14)23-10-4-9-19-23/h2,4-6,9-11H,3,7-8,12-13H2,1H3,(H,20,21). The van der Waals surface area contributed by atoms with Crippen LogP contribution in [0.25, 0.3) is 5.69 Å². The second-order valence-corrected chi connectivity index (χ2v) is 6.27. The van der Waals surface area contributed by atoms with E-state index in [2.05, 4.69) is 51.5 Å². The molecular formula is C18H21N5. The maximum absolute atomic E-state index is 4.50. The number of aromatic amines is 1. The summed E-state index contributed by atoms with van der Waals surface area (Å²) in [6, 6.07) is 10.5. The Morgan fingerprint density at radius 2 is 2.17 bits per heavy atom. The Morgan fingerprint density at radius 1 is 1.22 bits per heavy atom. The van der Waals surface area contributed by atoms with E-state index in [1.165, 1.54) is 35.4 Å². The summed E-state index contributed by atoms with van der Waals surface area (Å²) in [5.74, 6) is 0. The molecule has 0 atom stereocenters. The van der Waals surface area contributed by atoms with Crippen molar-refractivity contribution in [3.05, 3.63) is 65.2 Å². The fourth-order valence-electron chi connectivity index (χ4n) is 3.36. The van der Waals surface area contributed by atoms with Crippen LogP contribution in [-0.2, 0) is 25.9 Å². The highest BCUT2D eigenvalue weighted by atomic mass is 15.3. The normalized spacial score (nSPS) is 13.7. The van der Waals surface area contributed by atoms with Crippen molar-refractivity contribution in [1.82, 2.24) is 24.9 Å². The monoisotopic (exact) mass is 307 g/mol. The second kappa shape index (κ2) is 6.01. The Kier molecular flexibility index (Phi) is 3.71. The first-order valence-corrected chi connectivity index (χ1v) is 8.12. The number of H-pyrrole nitrogens is 1. The smallest absolute Gasteiger partial charge is 0.0797 e. The molecule has 1 aliphatic carbocycles. The molecule has 0 bridgehead atoms. The number of hydrogen-bond acceptors (Lipinski definition) is 3. The molecule has 0 spiro atoms. The number of aromatic nitrogens is 4. The second-order valence-electron chi connectivity index (χ2n) is 6.27. The molecule has 3 aromatic rings. The number of rotatable bonds is 5. The first-order valence-electron chi connectivity index (χ1n) is 8.12. The summed E-state index contributed by atoms with van der Waals surface area (Å²) in [5, 5.41) is 12.0. The summed E-state index contributed by atoms with van der Waals surface area (Å²) in [4.78, 5) is 2.32. The van der Waals surface area contributed by atoms with Gasteiger partial charge in [-0.3, -0.25) is 10.00 Å². The number of fused-ring (bicyclic) bond motifs is 1. The topological polar surface area (TPSA) is 49.7 Å². The zero-order chi connectivity index (χ0) is 15.6. The molecule has 2 heterocycles. The third kappa shape index (κ3) is 2.92. The van der Waals surface area contributed by atoms with Gasteiger partial charge in [0, 0.05) is 31.2 Å². The number of aryl methyl sites for hydroxylation is 1. The van der Waals surface area contributed by atoms with E-state index in [4.69, 9.17) is 0 Å². The zero-order valence-corrected chi connectivity index (χ0v) is 13.4. The maximum Gasteiger partial charge on any atom is 0.0797 e. The SMILES string of the molecule is CN(Cc1cccc(-n2cccn2)c1)Cc1n[nH]c2c1CCC2. The van der Waals surface area contributed by atoms with E-state index in [0.29, 0.717) is 0 Å². The Hall–Kier alpha value is -2.40. The first kappa shape index (κ1) is 14.2. The minimum absolute atomic E-state index is 0.887. The lowest BCUT2D eigenvalue weighted by Gasteiger charge is -2.16. The van der Waals surface area contributed by atoms with E-state index in [1.807, 2.05) is 16.9 Å². The number of hydrogen-bond donors (Lipinski definition) is 1. The van der Waals surface area contributed by atoms with Crippen molar-refractivity contribution in [2.75, 3.05) is 7.05 Å². The van der Waals surface area contributed by atoms with Crippen molar-refractivity contribution < 1.29 is 0 Å². The lowest BCUT2D eigenvalue weighted by molar-refractivity contribution is 0.314. The van der Waals surface area contributed by atoms with E-state index < -0.39 is 0 Å². The van der Waals surface area contributed by atoms with Crippen molar-refractivity contribution in [2.45, 2.75) is 32.4 Å². The quantitative estimate of drug-likeness (QED) is 0.788. The molecule has 1 N–H and O–H groups in total. The van der Waals surface area contributed by atoms with Gasteiger partial charge in [-0.15, -0.1) is 0 Å². The Morgan fingerprint density at radius 3 is 3.04 bits per heavy atom. The summed E-state index contributed by atoms with van der Waals surface area (Å²) in [6.45, 7) is 1.79. The van der Waals surface area contributed by atoms with Crippen LogP contribution in [0.2, 0.25) is 0 Å². The van der Waals surface area contributed by atoms with E-state index >= 15 is 0 Å². The fraction of sp³-hybridized carbons (Fsp3) is 0.333. The molecule has 0 saturated carbocycles. The van der Waals surface area contributed by atoms with E-state index in [9.17, 15) is 0 Å². The van der Waals surface area contributed by atoms with Crippen molar-refractivity contribution in [3.63, 3.8) is 0 Å². The molecule has 0 saturated heterocycles. The van der Waals surface area contributed by atoms with Crippen LogP contribution in [0, 0.1) is 0 Å². The molecule has 4 rings (SSSR count). The molecule has 0 fully saturated rings. The lowest BCUT2D eigenvalue weighted by Crippen LogP contribution is -2.18. The molecule has 0 unspecified atom stereocenters. The third-order valence-corrected chi connectivity index (χ3v) is 4.44. The molecule has 5 nitrogen and oxygen atoms in total. The van der Waals surface area contributed by atoms with Crippen LogP contribution in [0.5, 0.6) is 0 Å². The highest BCUT2D eigenvalue weighted by molar-refractivity contribution is 5.35. The number of benzene rings is 1. The van der Waals surface area contributed by atoms with Gasteiger partial charge in [0.15, 0.2) is 0 Å². The molecule has 0 radical (unpaired) electrons. The van der Waals surface area contributed by atoms with Crippen LogP contribution in [-0.4, -0.2) is 31.9 Å². The number of nitrogens with zero attached hydrogens (tertiary/aromatic N) is 4. The molecule has 23 heavy (non-hydrogen) atoms. The van der Waals surface area contributed by atoms with E-state index in [1.54, 1.807) is 6.20 Å². The zero-order valence-electron chi connectivity index (χ0n) is 13.4. The molecule has 0 aliphatic heterocycles. The van der Waals surface area contributed by atoms with Gasteiger partial charge < -0.3 is 0 Å². The molecular weight excluding hydrogens is 286 g/mol. The summed E-state index contributed by atoms with van der Waals surface area (Å²) < 4.78 is 1.89. The first-order chi connectivity index (χ1) is 11.3. The van der Waals surface area contributed by atoms with Crippen molar-refractivity contribution in [3.8, 4) is 5.69 Å². The summed E-state index contributed by atoms with van der Waals surface area (Å²) >= 11 is 0. The van der Waals surface area contributed by atoms with Crippen molar-refractivity contribution >= 4 is 0 Å². The fourth-order valence-corrected chi connectivity index (χ4v) is 3.36. The van der Waals surface area contributed by atoms with Gasteiger partial charge in [0.05, 0.1) is 11.4 Å². The van der Waals surface area contributed by atoms with Crippen LogP contribution in [0.15, 0.2) is 42.7 Å². The van der Waals surface area contributed by atoms with E-state index in [-0.39, 0.29) is 0 Å². The van der Waals surface area contributed by atoms with Crippen LogP contribution < -0.4 is 0 Å². The van der Waals surface area contributed by atoms with Gasteiger partial charge in [-0.1, -0.05) is 12.1 Å². The van der Waals surface area contributed by atoms with Gasteiger partial charge in [0.2, 0.25) is 0 Å². The average molecular weight is 307 g/mol. The van der Waals surface area contributed by atoms with Gasteiger partial charge in [0.25, 0.3) is 0 Å². The minimum Gasteiger partial charge on any atom is -0.296 e. The van der Waals surface area contributed by atoms with Crippen molar-refractivity contribution in [2.24, 2.45) is 0 Å². The van der Waals surface area contributed by atoms with E-state index in [0.717, 1.165) is 25.2 Å². The van der Waals surface area contributed by atoms with Crippen LogP contribution in [0.3, 0.4) is 0 Å². The molecule has 1 aliphatic rings. The maximum atomic E-state index is 4.50. The van der Waals surface area contributed by atoms with Crippen molar-refractivity contribution in [1.29, 1.82) is 0 Å². The number of nitrogens with one attached hydrogen (secondary N) is 1. The molecule has 1 aromatic carbocycles. The molecule has 2 aromatic heterocycles. The predicted molar refractivity (Wildman–Crippen MR) is 89.3 cm³/mol. The van der Waals surface area contributed by atoms with Crippen LogP contribution in [0.4, 0.5) is 0 Å².